The molecule has 2 N–H and O–H groups in total. The van der Waals surface area contributed by atoms with Crippen LogP contribution in [0.25, 0.3) is 22.3 Å². The van der Waals surface area contributed by atoms with Gasteiger partial charge < -0.3 is 10.6 Å². The molecule has 1 saturated heterocycles. The normalized spacial score (nSPS) is 15.4. The summed E-state index contributed by atoms with van der Waals surface area (Å²) in [6.07, 6.45) is 2.56. The van der Waals surface area contributed by atoms with Crippen LogP contribution in [0.4, 0.5) is 18.9 Å². The lowest BCUT2D eigenvalue weighted by atomic mass is 9.97. The Kier molecular flexibility index (Phi) is 5.80. The number of hydrogen-bond donors (Lipinski definition) is 2. The summed E-state index contributed by atoms with van der Waals surface area (Å²) in [7, 11) is 0. The van der Waals surface area contributed by atoms with Crippen molar-refractivity contribution in [3.05, 3.63) is 83.3 Å². The summed E-state index contributed by atoms with van der Waals surface area (Å²) in [5.41, 5.74) is -0.840. The molecule has 1 aromatic carbocycles. The Balaban J connectivity index is 1.38. The van der Waals surface area contributed by atoms with Gasteiger partial charge in [-0.3, -0.25) is 9.78 Å². The molecular formula is C24H17ClF3N9O. The fourth-order valence-electron chi connectivity index (χ4n) is 4.34. The number of halogens is 4. The lowest BCUT2D eigenvalue weighted by Crippen LogP contribution is -2.35. The van der Waals surface area contributed by atoms with Gasteiger partial charge in [0, 0.05) is 17.0 Å². The minimum Gasteiger partial charge on any atom is -0.320 e. The molecule has 10 nitrogen and oxygen atoms in total. The molecule has 1 fully saturated rings. The Morgan fingerprint density at radius 2 is 1.84 bits per heavy atom. The molecular weight excluding hydrogens is 523 g/mol. The summed E-state index contributed by atoms with van der Waals surface area (Å²) in [5, 5.41) is 18.9. The maximum atomic E-state index is 14.4. The van der Waals surface area contributed by atoms with Crippen molar-refractivity contribution in [3.8, 4) is 11.5 Å². The Bertz CT molecular complexity index is 1660. The van der Waals surface area contributed by atoms with Crippen LogP contribution >= 0.6 is 11.6 Å². The molecule has 0 aliphatic carbocycles. The number of alkyl halides is 3. The van der Waals surface area contributed by atoms with Crippen molar-refractivity contribution in [2.24, 2.45) is 0 Å². The summed E-state index contributed by atoms with van der Waals surface area (Å²) in [4.78, 5) is 22.7. The maximum absolute atomic E-state index is 14.4. The number of carbonyl (C=O) groups excluding carboxylic acids is 1. The van der Waals surface area contributed by atoms with E-state index in [9.17, 15) is 18.0 Å². The topological polar surface area (TPSA) is 115 Å². The zero-order valence-electron chi connectivity index (χ0n) is 19.3. The molecule has 1 atom stereocenters. The highest BCUT2D eigenvalue weighted by atomic mass is 35.5. The molecule has 14 heteroatoms. The van der Waals surface area contributed by atoms with E-state index >= 15 is 0 Å². The lowest BCUT2D eigenvalue weighted by molar-refractivity contribution is -0.143. The fourth-order valence-corrected chi connectivity index (χ4v) is 4.58. The zero-order chi connectivity index (χ0) is 26.4. The first-order valence-electron chi connectivity index (χ1n) is 11.4. The number of aromatic nitrogens is 7. The molecule has 1 amide bonds. The number of rotatable bonds is 5. The predicted octanol–water partition coefficient (Wildman–Crippen LogP) is 4.36. The Morgan fingerprint density at radius 3 is 2.53 bits per heavy atom. The molecule has 1 aliphatic heterocycles. The number of nitrogens with zero attached hydrogens (tertiary/aromatic N) is 7. The monoisotopic (exact) mass is 539 g/mol. The van der Waals surface area contributed by atoms with Crippen molar-refractivity contribution in [1.29, 1.82) is 0 Å². The van der Waals surface area contributed by atoms with Crippen molar-refractivity contribution < 1.29 is 18.0 Å². The first kappa shape index (κ1) is 24.0. The highest BCUT2D eigenvalue weighted by molar-refractivity contribution is 6.32. The van der Waals surface area contributed by atoms with Crippen LogP contribution in [-0.2, 0) is 6.18 Å². The van der Waals surface area contributed by atoms with Crippen LogP contribution in [0.15, 0.2) is 61.3 Å². The largest absolute Gasteiger partial charge is 0.434 e. The van der Waals surface area contributed by atoms with E-state index in [2.05, 4.69) is 35.9 Å². The molecule has 1 aliphatic rings. The standard InChI is InChI=1S/C24H17ClF3N9O/c25-17-10-13(11-31-22(17)37-32-8-9-33-37)35-23(38)16-12-34-36(21(16)24(26,27)28)19-3-1-2-15-14(19)4-6-30-20(15)18-5-7-29-18/h1-4,6,8-12,18,29H,5,7H2,(H,35,38). The highest BCUT2D eigenvalue weighted by Gasteiger charge is 2.41. The van der Waals surface area contributed by atoms with Gasteiger partial charge in [-0.2, -0.15) is 28.5 Å². The number of benzene rings is 1. The van der Waals surface area contributed by atoms with E-state index in [1.165, 1.54) is 35.5 Å². The summed E-state index contributed by atoms with van der Waals surface area (Å²) < 4.78 is 43.8. The average molecular weight is 540 g/mol. The second-order valence-corrected chi connectivity index (χ2v) is 8.89. The predicted molar refractivity (Wildman–Crippen MR) is 131 cm³/mol. The van der Waals surface area contributed by atoms with Crippen LogP contribution in [0.1, 0.15) is 34.2 Å². The summed E-state index contributed by atoms with van der Waals surface area (Å²) in [5.74, 6) is -0.826. The number of pyridine rings is 2. The fraction of sp³-hybridized carbons (Fsp3) is 0.167. The minimum atomic E-state index is -4.89. The highest BCUT2D eigenvalue weighted by Crippen LogP contribution is 2.37. The van der Waals surface area contributed by atoms with Gasteiger partial charge in [0.2, 0.25) is 0 Å². The smallest absolute Gasteiger partial charge is 0.320 e. The van der Waals surface area contributed by atoms with Crippen LogP contribution in [0, 0.1) is 0 Å². The number of amides is 1. The van der Waals surface area contributed by atoms with Crippen molar-refractivity contribution in [2.45, 2.75) is 18.6 Å². The third-order valence-corrected chi connectivity index (χ3v) is 6.44. The average Bonchev–Trinajstić information content (AvgIpc) is 3.53. The molecule has 0 spiro atoms. The Hall–Kier alpha value is -4.36. The first-order valence-corrected chi connectivity index (χ1v) is 11.8. The van der Waals surface area contributed by atoms with Gasteiger partial charge in [0.15, 0.2) is 11.5 Å². The van der Waals surface area contributed by atoms with E-state index in [1.807, 2.05) is 6.07 Å². The molecule has 38 heavy (non-hydrogen) atoms. The molecule has 4 aromatic heterocycles. The van der Waals surface area contributed by atoms with Gasteiger partial charge in [-0.15, -0.1) is 4.80 Å². The van der Waals surface area contributed by atoms with Gasteiger partial charge in [-0.25, -0.2) is 9.67 Å². The summed E-state index contributed by atoms with van der Waals surface area (Å²) >= 11 is 6.22. The molecule has 0 radical (unpaired) electrons. The van der Waals surface area contributed by atoms with Crippen LogP contribution in [0.3, 0.4) is 0 Å². The summed E-state index contributed by atoms with van der Waals surface area (Å²) in [6, 6.07) is 7.99. The second-order valence-electron chi connectivity index (χ2n) is 8.48. The van der Waals surface area contributed by atoms with E-state index in [1.54, 1.807) is 18.3 Å². The molecule has 1 unspecified atom stereocenters. The van der Waals surface area contributed by atoms with Crippen molar-refractivity contribution in [2.75, 3.05) is 11.9 Å². The third kappa shape index (κ3) is 4.15. The van der Waals surface area contributed by atoms with E-state index < -0.39 is 23.3 Å². The molecule has 5 heterocycles. The third-order valence-electron chi connectivity index (χ3n) is 6.17. The van der Waals surface area contributed by atoms with Crippen LogP contribution in [0.2, 0.25) is 5.02 Å². The molecule has 6 rings (SSSR count). The molecule has 5 aromatic rings. The van der Waals surface area contributed by atoms with Gasteiger partial charge in [0.25, 0.3) is 5.91 Å². The SMILES string of the molecule is O=C(Nc1cnc(-n2nccn2)c(Cl)c1)c1cnn(-c2cccc3c(C4CCN4)nccc23)c1C(F)(F)F. The van der Waals surface area contributed by atoms with Gasteiger partial charge in [-0.05, 0) is 31.2 Å². The molecule has 0 bridgehead atoms. The second kappa shape index (κ2) is 9.19. The van der Waals surface area contributed by atoms with Crippen molar-refractivity contribution in [1.82, 2.24) is 40.1 Å². The van der Waals surface area contributed by atoms with Gasteiger partial charge in [0.05, 0.1) is 58.5 Å². The van der Waals surface area contributed by atoms with E-state index in [4.69, 9.17) is 11.6 Å². The molecule has 0 saturated carbocycles. The van der Waals surface area contributed by atoms with E-state index in [-0.39, 0.29) is 28.3 Å². The van der Waals surface area contributed by atoms with Gasteiger partial charge in [-0.1, -0.05) is 23.7 Å². The van der Waals surface area contributed by atoms with Crippen LogP contribution < -0.4 is 10.6 Å². The zero-order valence-corrected chi connectivity index (χ0v) is 20.1. The van der Waals surface area contributed by atoms with E-state index in [0.717, 1.165) is 29.5 Å². The number of fused-ring (bicyclic) bond motifs is 1. The summed E-state index contributed by atoms with van der Waals surface area (Å²) in [6.45, 7) is 0.849. The van der Waals surface area contributed by atoms with Gasteiger partial charge in [0.1, 0.15) is 0 Å². The number of hydrogen-bond acceptors (Lipinski definition) is 7. The van der Waals surface area contributed by atoms with Crippen LogP contribution in [0.5, 0.6) is 0 Å². The quantitative estimate of drug-likeness (QED) is 0.341. The number of anilines is 1. The minimum absolute atomic E-state index is 0.0332. The number of carbonyl (C=O) groups is 1. The lowest BCUT2D eigenvalue weighted by Gasteiger charge is -2.28. The van der Waals surface area contributed by atoms with Crippen molar-refractivity contribution >= 4 is 34.0 Å². The Morgan fingerprint density at radius 1 is 1.05 bits per heavy atom. The van der Waals surface area contributed by atoms with Crippen LogP contribution in [-0.4, -0.2) is 47.2 Å². The van der Waals surface area contributed by atoms with E-state index in [0.29, 0.717) is 10.8 Å². The molecule has 192 valence electrons. The number of nitrogens with one attached hydrogen (secondary N) is 2. The van der Waals surface area contributed by atoms with Gasteiger partial charge >= 0.3 is 6.18 Å². The maximum Gasteiger partial charge on any atom is 0.434 e. The van der Waals surface area contributed by atoms with Crippen molar-refractivity contribution in [3.63, 3.8) is 0 Å². The Labute approximate surface area is 217 Å². The first-order chi connectivity index (χ1) is 18.3.